The van der Waals surface area contributed by atoms with Crippen LogP contribution in [0.5, 0.6) is 5.75 Å². The zero-order valence-electron chi connectivity index (χ0n) is 18.5. The number of furan rings is 1. The van der Waals surface area contributed by atoms with Gasteiger partial charge < -0.3 is 24.8 Å². The summed E-state index contributed by atoms with van der Waals surface area (Å²) in [5, 5.41) is 6.74. The highest BCUT2D eigenvalue weighted by molar-refractivity contribution is 6.06. The standard InChI is InChI=1S/C26H25N3O4/c1-17-19(20-9-3-5-11-22(20)28-17)13-14-27-26(31)23(16-18-8-7-15-33-18)29-25(30)21-10-4-6-12-24(21)32-2/h3-12,15-16,28H,13-14H2,1-2H3,(H,27,31)(H,29,30). The molecule has 0 bridgehead atoms. The number of ether oxygens (including phenoxy) is 1. The van der Waals surface area contributed by atoms with Crippen molar-refractivity contribution in [2.45, 2.75) is 13.3 Å². The van der Waals surface area contributed by atoms with Gasteiger partial charge in [0.25, 0.3) is 11.8 Å². The largest absolute Gasteiger partial charge is 0.496 e. The minimum absolute atomic E-state index is 0.0801. The first-order chi connectivity index (χ1) is 16.1. The van der Waals surface area contributed by atoms with Gasteiger partial charge in [-0.3, -0.25) is 9.59 Å². The number of aromatic nitrogens is 1. The summed E-state index contributed by atoms with van der Waals surface area (Å²) in [5.41, 5.74) is 3.70. The summed E-state index contributed by atoms with van der Waals surface area (Å²) in [6, 6.07) is 18.3. The maximum absolute atomic E-state index is 13.0. The molecule has 0 aliphatic carbocycles. The van der Waals surface area contributed by atoms with Gasteiger partial charge >= 0.3 is 0 Å². The molecule has 0 unspecified atom stereocenters. The monoisotopic (exact) mass is 443 g/mol. The molecule has 33 heavy (non-hydrogen) atoms. The lowest BCUT2D eigenvalue weighted by Gasteiger charge is -2.12. The lowest BCUT2D eigenvalue weighted by molar-refractivity contribution is -0.117. The van der Waals surface area contributed by atoms with Crippen LogP contribution in [-0.4, -0.2) is 30.5 Å². The van der Waals surface area contributed by atoms with Gasteiger partial charge in [-0.25, -0.2) is 0 Å². The number of H-pyrrole nitrogens is 1. The molecule has 0 aliphatic rings. The van der Waals surface area contributed by atoms with Crippen molar-refractivity contribution < 1.29 is 18.7 Å². The van der Waals surface area contributed by atoms with Gasteiger partial charge in [0.1, 0.15) is 17.2 Å². The van der Waals surface area contributed by atoms with Crippen LogP contribution in [0.25, 0.3) is 17.0 Å². The van der Waals surface area contributed by atoms with E-state index in [9.17, 15) is 9.59 Å². The van der Waals surface area contributed by atoms with Crippen LogP contribution in [0.3, 0.4) is 0 Å². The van der Waals surface area contributed by atoms with E-state index in [0.29, 0.717) is 30.0 Å². The smallest absolute Gasteiger partial charge is 0.267 e. The summed E-state index contributed by atoms with van der Waals surface area (Å²) >= 11 is 0. The number of fused-ring (bicyclic) bond motifs is 1. The molecular weight excluding hydrogens is 418 g/mol. The zero-order valence-corrected chi connectivity index (χ0v) is 18.5. The zero-order chi connectivity index (χ0) is 23.2. The molecule has 0 radical (unpaired) electrons. The summed E-state index contributed by atoms with van der Waals surface area (Å²) in [4.78, 5) is 29.2. The fourth-order valence-corrected chi connectivity index (χ4v) is 3.75. The van der Waals surface area contributed by atoms with Gasteiger partial charge in [0.05, 0.1) is 18.9 Å². The van der Waals surface area contributed by atoms with Crippen LogP contribution in [0.2, 0.25) is 0 Å². The lowest BCUT2D eigenvalue weighted by atomic mass is 10.1. The van der Waals surface area contributed by atoms with Gasteiger partial charge in [-0.1, -0.05) is 30.3 Å². The maximum atomic E-state index is 13.0. The van der Waals surface area contributed by atoms with E-state index in [1.54, 1.807) is 36.4 Å². The number of carbonyl (C=O) groups is 2. The number of benzene rings is 2. The molecular formula is C26H25N3O4. The number of amides is 2. The van der Waals surface area contributed by atoms with Crippen molar-refractivity contribution in [3.63, 3.8) is 0 Å². The highest BCUT2D eigenvalue weighted by Gasteiger charge is 2.18. The Hall–Kier alpha value is -4.26. The summed E-state index contributed by atoms with van der Waals surface area (Å²) in [5.74, 6) is 0.00976. The van der Waals surface area contributed by atoms with Crippen LogP contribution in [-0.2, 0) is 11.2 Å². The van der Waals surface area contributed by atoms with Gasteiger partial charge in [0, 0.05) is 29.2 Å². The summed E-state index contributed by atoms with van der Waals surface area (Å²) in [6.45, 7) is 2.43. The van der Waals surface area contributed by atoms with Crippen LogP contribution in [0.1, 0.15) is 27.4 Å². The van der Waals surface area contributed by atoms with Crippen molar-refractivity contribution >= 4 is 28.8 Å². The van der Waals surface area contributed by atoms with E-state index >= 15 is 0 Å². The first kappa shape index (κ1) is 22.0. The van der Waals surface area contributed by atoms with Crippen molar-refractivity contribution in [2.75, 3.05) is 13.7 Å². The number of aryl methyl sites for hydroxylation is 1. The van der Waals surface area contributed by atoms with E-state index in [2.05, 4.69) is 21.7 Å². The second-order valence-electron chi connectivity index (χ2n) is 7.51. The summed E-state index contributed by atoms with van der Waals surface area (Å²) in [6.07, 6.45) is 3.65. The predicted molar refractivity (Wildman–Crippen MR) is 127 cm³/mol. The summed E-state index contributed by atoms with van der Waals surface area (Å²) in [7, 11) is 1.49. The highest BCUT2D eigenvalue weighted by Crippen LogP contribution is 2.22. The third-order valence-corrected chi connectivity index (χ3v) is 5.36. The molecule has 0 aliphatic heterocycles. The molecule has 0 saturated carbocycles. The Labute approximate surface area is 191 Å². The fraction of sp³-hybridized carbons (Fsp3) is 0.154. The Balaban J connectivity index is 1.49. The van der Waals surface area contributed by atoms with Gasteiger partial charge in [-0.05, 0) is 49.2 Å². The van der Waals surface area contributed by atoms with Crippen molar-refractivity contribution in [1.29, 1.82) is 0 Å². The Morgan fingerprint density at radius 3 is 2.64 bits per heavy atom. The quantitative estimate of drug-likeness (QED) is 0.356. The molecule has 0 saturated heterocycles. The van der Waals surface area contributed by atoms with Crippen LogP contribution < -0.4 is 15.4 Å². The third-order valence-electron chi connectivity index (χ3n) is 5.36. The van der Waals surface area contributed by atoms with Gasteiger partial charge in [-0.15, -0.1) is 0 Å². The molecule has 2 aromatic heterocycles. The van der Waals surface area contributed by atoms with Crippen LogP contribution in [0, 0.1) is 6.92 Å². The lowest BCUT2D eigenvalue weighted by Crippen LogP contribution is -2.36. The number of hydrogen-bond acceptors (Lipinski definition) is 4. The van der Waals surface area contributed by atoms with E-state index in [0.717, 1.165) is 22.2 Å². The third kappa shape index (κ3) is 4.98. The number of methoxy groups -OCH3 is 1. The molecule has 4 rings (SSSR count). The number of aromatic amines is 1. The number of carbonyl (C=O) groups excluding carboxylic acids is 2. The average Bonchev–Trinajstić information content (AvgIpc) is 3.45. The second-order valence-corrected chi connectivity index (χ2v) is 7.51. The van der Waals surface area contributed by atoms with E-state index < -0.39 is 11.8 Å². The molecule has 4 aromatic rings. The molecule has 0 atom stereocenters. The normalized spacial score (nSPS) is 11.4. The Kier molecular flexibility index (Phi) is 6.59. The Bertz CT molecular complexity index is 1300. The molecule has 2 heterocycles. The minimum Gasteiger partial charge on any atom is -0.496 e. The minimum atomic E-state index is -0.451. The van der Waals surface area contributed by atoms with E-state index in [1.807, 2.05) is 25.1 Å². The average molecular weight is 444 g/mol. The first-order valence-corrected chi connectivity index (χ1v) is 10.6. The number of hydrogen-bond donors (Lipinski definition) is 3. The molecule has 7 nitrogen and oxygen atoms in total. The Morgan fingerprint density at radius 1 is 1.06 bits per heavy atom. The van der Waals surface area contributed by atoms with Crippen LogP contribution in [0.4, 0.5) is 0 Å². The number of nitrogens with one attached hydrogen (secondary N) is 3. The molecule has 168 valence electrons. The van der Waals surface area contributed by atoms with E-state index in [4.69, 9.17) is 9.15 Å². The van der Waals surface area contributed by atoms with Gasteiger partial charge in [-0.2, -0.15) is 0 Å². The van der Waals surface area contributed by atoms with Crippen molar-refractivity contribution in [3.8, 4) is 5.75 Å². The fourth-order valence-electron chi connectivity index (χ4n) is 3.75. The molecule has 2 amide bonds. The van der Waals surface area contributed by atoms with Gasteiger partial charge in [0.15, 0.2) is 0 Å². The first-order valence-electron chi connectivity index (χ1n) is 10.6. The van der Waals surface area contributed by atoms with Crippen molar-refractivity contribution in [1.82, 2.24) is 15.6 Å². The molecule has 0 spiro atoms. The van der Waals surface area contributed by atoms with Crippen LogP contribution in [0.15, 0.2) is 77.0 Å². The van der Waals surface area contributed by atoms with E-state index in [1.165, 1.54) is 19.4 Å². The number of para-hydroxylation sites is 2. The molecule has 2 aromatic carbocycles. The van der Waals surface area contributed by atoms with Gasteiger partial charge in [0.2, 0.25) is 0 Å². The van der Waals surface area contributed by atoms with Crippen molar-refractivity contribution in [2.24, 2.45) is 0 Å². The predicted octanol–water partition coefficient (Wildman–Crippen LogP) is 4.21. The number of rotatable bonds is 8. The SMILES string of the molecule is COc1ccccc1C(=O)NC(=Cc1ccco1)C(=O)NCCc1c(C)[nH]c2ccccc12. The highest BCUT2D eigenvalue weighted by atomic mass is 16.5. The topological polar surface area (TPSA) is 96.4 Å². The van der Waals surface area contributed by atoms with Crippen molar-refractivity contribution in [3.05, 3.63) is 95.2 Å². The van der Waals surface area contributed by atoms with E-state index in [-0.39, 0.29) is 5.70 Å². The Morgan fingerprint density at radius 2 is 1.85 bits per heavy atom. The van der Waals surface area contributed by atoms with Crippen LogP contribution >= 0.6 is 0 Å². The maximum Gasteiger partial charge on any atom is 0.267 e. The molecule has 7 heteroatoms. The molecule has 0 fully saturated rings. The molecule has 3 N–H and O–H groups in total. The second kappa shape index (κ2) is 9.91. The summed E-state index contributed by atoms with van der Waals surface area (Å²) < 4.78 is 10.6.